The molecule has 27 heavy (non-hydrogen) atoms. The zero-order chi connectivity index (χ0) is 19.0. The van der Waals surface area contributed by atoms with Gasteiger partial charge in [0.25, 0.3) is 11.5 Å². The number of anilines is 1. The molecule has 0 aliphatic rings. The summed E-state index contributed by atoms with van der Waals surface area (Å²) in [5, 5.41) is 12.3. The molecule has 134 valence electrons. The zero-order valence-electron chi connectivity index (χ0n) is 14.3. The van der Waals surface area contributed by atoms with Crippen molar-refractivity contribution < 1.29 is 4.79 Å². The van der Waals surface area contributed by atoms with Crippen molar-refractivity contribution >= 4 is 38.3 Å². The van der Waals surface area contributed by atoms with Gasteiger partial charge >= 0.3 is 0 Å². The molecule has 4 rings (SSSR count). The molecule has 2 heterocycles. The van der Waals surface area contributed by atoms with Gasteiger partial charge in [-0.15, -0.1) is 0 Å². The monoisotopic (exact) mass is 423 g/mol. The van der Waals surface area contributed by atoms with Gasteiger partial charge < -0.3 is 5.32 Å². The molecule has 0 aliphatic carbocycles. The van der Waals surface area contributed by atoms with Crippen LogP contribution in [0.4, 0.5) is 5.69 Å². The van der Waals surface area contributed by atoms with Gasteiger partial charge in [0.05, 0.1) is 27.4 Å². The fourth-order valence-electron chi connectivity index (χ4n) is 2.86. The van der Waals surface area contributed by atoms with Crippen molar-refractivity contribution in [3.05, 3.63) is 81.4 Å². The van der Waals surface area contributed by atoms with Gasteiger partial charge in [0.2, 0.25) is 0 Å². The van der Waals surface area contributed by atoms with E-state index >= 15 is 0 Å². The molecule has 0 radical (unpaired) electrons. The van der Waals surface area contributed by atoms with Gasteiger partial charge in [0.1, 0.15) is 0 Å². The lowest BCUT2D eigenvalue weighted by Crippen LogP contribution is -2.25. The summed E-state index contributed by atoms with van der Waals surface area (Å²) < 4.78 is 3.66. The second kappa shape index (κ2) is 6.81. The molecular weight excluding hydrogens is 410 g/mol. The number of aromatic nitrogens is 4. The van der Waals surface area contributed by atoms with Gasteiger partial charge in [0, 0.05) is 18.6 Å². The molecule has 1 N–H and O–H groups in total. The van der Waals surface area contributed by atoms with Gasteiger partial charge in [-0.1, -0.05) is 30.3 Å². The molecule has 4 aromatic rings. The van der Waals surface area contributed by atoms with Crippen molar-refractivity contribution in [3.8, 4) is 5.69 Å². The minimum atomic E-state index is -0.402. The van der Waals surface area contributed by atoms with Crippen molar-refractivity contribution in [1.29, 1.82) is 0 Å². The van der Waals surface area contributed by atoms with Gasteiger partial charge in [-0.05, 0) is 34.1 Å². The normalized spacial score (nSPS) is 10.9. The van der Waals surface area contributed by atoms with E-state index in [0.29, 0.717) is 22.1 Å². The predicted molar refractivity (Wildman–Crippen MR) is 106 cm³/mol. The first-order chi connectivity index (χ1) is 13.0. The molecule has 0 saturated carbocycles. The van der Waals surface area contributed by atoms with Crippen LogP contribution in [-0.2, 0) is 7.05 Å². The number of para-hydroxylation sites is 2. The number of rotatable bonds is 3. The maximum Gasteiger partial charge on any atom is 0.276 e. The number of nitrogens with zero attached hydrogens (tertiary/aromatic N) is 4. The highest BCUT2D eigenvalue weighted by molar-refractivity contribution is 9.10. The van der Waals surface area contributed by atoms with Crippen LogP contribution in [-0.4, -0.2) is 25.5 Å². The Morgan fingerprint density at radius 2 is 1.78 bits per heavy atom. The number of carbonyl (C=O) groups is 1. The highest BCUT2D eigenvalue weighted by atomic mass is 79.9. The molecule has 0 fully saturated rings. The average molecular weight is 424 g/mol. The summed E-state index contributed by atoms with van der Waals surface area (Å²) in [6.07, 6.45) is 3.46. The Morgan fingerprint density at radius 1 is 1.07 bits per heavy atom. The predicted octanol–water partition coefficient (Wildman–Crippen LogP) is 3.13. The van der Waals surface area contributed by atoms with E-state index < -0.39 is 5.91 Å². The van der Waals surface area contributed by atoms with Crippen LogP contribution in [0, 0.1) is 0 Å². The van der Waals surface area contributed by atoms with E-state index in [-0.39, 0.29) is 11.3 Å². The fourth-order valence-corrected chi connectivity index (χ4v) is 3.15. The van der Waals surface area contributed by atoms with E-state index in [1.807, 2.05) is 18.2 Å². The van der Waals surface area contributed by atoms with Crippen LogP contribution >= 0.6 is 15.9 Å². The molecule has 0 atom stereocenters. The number of aryl methyl sites for hydroxylation is 1. The number of benzene rings is 2. The molecule has 0 bridgehead atoms. The summed E-state index contributed by atoms with van der Waals surface area (Å²) in [5.41, 5.74) is 1.23. The third-order valence-electron chi connectivity index (χ3n) is 4.12. The first-order valence-corrected chi connectivity index (χ1v) is 8.91. The highest BCUT2D eigenvalue weighted by Crippen LogP contribution is 2.22. The standard InChI is InChI=1S/C19H14BrN5O2/c1-24-19(27)14-7-3-2-6-13(14)17(23-24)18(26)22-15-8-4-5-9-16(15)25-11-12(20)10-21-25/h2-11H,1H3,(H,22,26). The maximum atomic E-state index is 13.0. The smallest absolute Gasteiger partial charge is 0.276 e. The Labute approximate surface area is 162 Å². The van der Waals surface area contributed by atoms with E-state index in [4.69, 9.17) is 0 Å². The Hall–Kier alpha value is -3.26. The molecule has 0 aliphatic heterocycles. The minimum absolute atomic E-state index is 0.184. The number of hydrogen-bond acceptors (Lipinski definition) is 4. The number of halogens is 1. The number of carbonyl (C=O) groups excluding carboxylic acids is 1. The molecule has 0 saturated heterocycles. The summed E-state index contributed by atoms with van der Waals surface area (Å²) in [6.45, 7) is 0. The van der Waals surface area contributed by atoms with Crippen LogP contribution in [0.15, 0.2) is 70.2 Å². The van der Waals surface area contributed by atoms with Crippen molar-refractivity contribution in [2.24, 2.45) is 7.05 Å². The Bertz CT molecular complexity index is 1230. The summed E-state index contributed by atoms with van der Waals surface area (Å²) >= 11 is 3.37. The Balaban J connectivity index is 1.78. The quantitative estimate of drug-likeness (QED) is 0.548. The Kier molecular flexibility index (Phi) is 4.33. The molecule has 0 unspecified atom stereocenters. The van der Waals surface area contributed by atoms with Crippen molar-refractivity contribution in [2.75, 3.05) is 5.32 Å². The number of fused-ring (bicyclic) bond motifs is 1. The SMILES string of the molecule is Cn1nc(C(=O)Nc2ccccc2-n2cc(Br)cn2)c2ccccc2c1=O. The largest absolute Gasteiger partial charge is 0.319 e. The molecule has 1 amide bonds. The molecule has 2 aromatic heterocycles. The van der Waals surface area contributed by atoms with Crippen LogP contribution in [0.1, 0.15) is 10.5 Å². The second-order valence-electron chi connectivity index (χ2n) is 5.90. The van der Waals surface area contributed by atoms with Gasteiger partial charge in [-0.3, -0.25) is 9.59 Å². The van der Waals surface area contributed by atoms with E-state index in [9.17, 15) is 9.59 Å². The fraction of sp³-hybridized carbons (Fsp3) is 0.0526. The number of amides is 1. The van der Waals surface area contributed by atoms with Crippen molar-refractivity contribution in [1.82, 2.24) is 19.6 Å². The zero-order valence-corrected chi connectivity index (χ0v) is 15.8. The molecule has 8 heteroatoms. The van der Waals surface area contributed by atoms with E-state index in [1.54, 1.807) is 47.4 Å². The van der Waals surface area contributed by atoms with Crippen LogP contribution in [0.25, 0.3) is 16.5 Å². The Morgan fingerprint density at radius 3 is 2.52 bits per heavy atom. The minimum Gasteiger partial charge on any atom is -0.319 e. The van der Waals surface area contributed by atoms with Crippen molar-refractivity contribution in [3.63, 3.8) is 0 Å². The molecule has 7 nitrogen and oxygen atoms in total. The second-order valence-corrected chi connectivity index (χ2v) is 6.81. The van der Waals surface area contributed by atoms with Crippen LogP contribution in [0.2, 0.25) is 0 Å². The first kappa shape index (κ1) is 17.2. The number of nitrogens with one attached hydrogen (secondary N) is 1. The van der Waals surface area contributed by atoms with E-state index in [0.717, 1.165) is 4.47 Å². The lowest BCUT2D eigenvalue weighted by atomic mass is 10.1. The highest BCUT2D eigenvalue weighted by Gasteiger charge is 2.17. The molecule has 0 spiro atoms. The summed E-state index contributed by atoms with van der Waals surface area (Å²) in [7, 11) is 1.53. The lowest BCUT2D eigenvalue weighted by molar-refractivity contribution is 0.102. The van der Waals surface area contributed by atoms with Crippen LogP contribution in [0.3, 0.4) is 0 Å². The average Bonchev–Trinajstić information content (AvgIpc) is 3.11. The number of hydrogen-bond donors (Lipinski definition) is 1. The molecule has 2 aromatic carbocycles. The lowest BCUT2D eigenvalue weighted by Gasteiger charge is -2.12. The van der Waals surface area contributed by atoms with Crippen molar-refractivity contribution in [2.45, 2.75) is 0 Å². The summed E-state index contributed by atoms with van der Waals surface area (Å²) in [5.74, 6) is -0.402. The van der Waals surface area contributed by atoms with E-state index in [1.165, 1.54) is 11.7 Å². The third-order valence-corrected chi connectivity index (χ3v) is 4.53. The summed E-state index contributed by atoms with van der Waals surface area (Å²) in [4.78, 5) is 25.2. The van der Waals surface area contributed by atoms with E-state index in [2.05, 4.69) is 31.4 Å². The maximum absolute atomic E-state index is 13.0. The van der Waals surface area contributed by atoms with Gasteiger partial charge in [0.15, 0.2) is 5.69 Å². The van der Waals surface area contributed by atoms with Crippen LogP contribution in [0.5, 0.6) is 0 Å². The summed E-state index contributed by atoms with van der Waals surface area (Å²) in [6, 6.07) is 14.3. The third kappa shape index (κ3) is 3.15. The molecular formula is C19H14BrN5O2. The van der Waals surface area contributed by atoms with Gasteiger partial charge in [-0.2, -0.15) is 10.2 Å². The first-order valence-electron chi connectivity index (χ1n) is 8.11. The van der Waals surface area contributed by atoms with Gasteiger partial charge in [-0.25, -0.2) is 9.36 Å². The van der Waals surface area contributed by atoms with Crippen LogP contribution < -0.4 is 10.9 Å². The topological polar surface area (TPSA) is 81.8 Å².